The number of hydrogen-bond donors (Lipinski definition) is 0. The van der Waals surface area contributed by atoms with Crippen molar-refractivity contribution < 1.29 is 9.59 Å². The normalized spacial score (nSPS) is 17.8. The Morgan fingerprint density at radius 2 is 1.79 bits per heavy atom. The van der Waals surface area contributed by atoms with Gasteiger partial charge in [0.1, 0.15) is 0 Å². The number of piperazine rings is 1. The van der Waals surface area contributed by atoms with Crippen LogP contribution in [0.25, 0.3) is 0 Å². The Labute approximate surface area is 170 Å². The highest BCUT2D eigenvalue weighted by Gasteiger charge is 2.29. The maximum Gasteiger partial charge on any atom is 0.253 e. The highest BCUT2D eigenvalue weighted by molar-refractivity contribution is 6.30. The summed E-state index contributed by atoms with van der Waals surface area (Å²) in [6.07, 6.45) is 2.43. The summed E-state index contributed by atoms with van der Waals surface area (Å²) >= 11 is 6.00. The van der Waals surface area contributed by atoms with Gasteiger partial charge in [0.2, 0.25) is 0 Å². The number of aryl methyl sites for hydroxylation is 1. The number of halogens is 1. The largest absolute Gasteiger partial charge is 0.345 e. The Morgan fingerprint density at radius 1 is 1.07 bits per heavy atom. The Kier molecular flexibility index (Phi) is 5.30. The first-order valence-corrected chi connectivity index (χ1v) is 10.3. The lowest BCUT2D eigenvalue weighted by atomic mass is 10.1. The van der Waals surface area contributed by atoms with Gasteiger partial charge in [0, 0.05) is 59.8 Å². The maximum absolute atomic E-state index is 12.9. The fraction of sp³-hybridized carbons (Fsp3) is 0.455. The van der Waals surface area contributed by atoms with Gasteiger partial charge in [0.15, 0.2) is 5.78 Å². The van der Waals surface area contributed by atoms with Crippen LogP contribution < -0.4 is 0 Å². The zero-order valence-electron chi connectivity index (χ0n) is 16.4. The lowest BCUT2D eigenvalue weighted by Crippen LogP contribution is -2.49. The standard InChI is InChI=1S/C22H26ClN3O2/c1-15-12-20(16(2)26(15)19-6-7-19)21(27)14-24-8-10-25(11-9-24)22(28)17-4-3-5-18(23)13-17/h3-5,12-13,19H,6-11,14H2,1-2H3. The highest BCUT2D eigenvalue weighted by Crippen LogP contribution is 2.38. The van der Waals surface area contributed by atoms with Gasteiger partial charge >= 0.3 is 0 Å². The second-order valence-electron chi connectivity index (χ2n) is 7.89. The van der Waals surface area contributed by atoms with Crippen LogP contribution >= 0.6 is 11.6 Å². The van der Waals surface area contributed by atoms with Crippen LogP contribution in [-0.2, 0) is 0 Å². The van der Waals surface area contributed by atoms with Gasteiger partial charge < -0.3 is 9.47 Å². The Morgan fingerprint density at radius 3 is 2.43 bits per heavy atom. The fourth-order valence-corrected chi connectivity index (χ4v) is 4.35. The first-order valence-electron chi connectivity index (χ1n) is 9.93. The van der Waals surface area contributed by atoms with Crippen molar-refractivity contribution in [1.29, 1.82) is 0 Å². The number of hydrogen-bond acceptors (Lipinski definition) is 3. The van der Waals surface area contributed by atoms with E-state index in [9.17, 15) is 9.59 Å². The Bertz CT molecular complexity index is 909. The molecule has 1 aromatic carbocycles. The van der Waals surface area contributed by atoms with Gasteiger partial charge in [-0.25, -0.2) is 0 Å². The summed E-state index contributed by atoms with van der Waals surface area (Å²) in [5.41, 5.74) is 3.74. The number of amides is 1. The molecule has 0 radical (unpaired) electrons. The number of carbonyl (C=O) groups excluding carboxylic acids is 2. The summed E-state index contributed by atoms with van der Waals surface area (Å²) in [6, 6.07) is 9.68. The van der Waals surface area contributed by atoms with E-state index in [4.69, 9.17) is 11.6 Å². The number of ketones is 1. The molecule has 1 aliphatic carbocycles. The lowest BCUT2D eigenvalue weighted by Gasteiger charge is -2.34. The third-order valence-electron chi connectivity index (χ3n) is 5.80. The summed E-state index contributed by atoms with van der Waals surface area (Å²) < 4.78 is 2.31. The van der Waals surface area contributed by atoms with Gasteiger partial charge in [-0.15, -0.1) is 0 Å². The van der Waals surface area contributed by atoms with Crippen LogP contribution in [0.2, 0.25) is 5.02 Å². The molecule has 2 aliphatic rings. The second kappa shape index (κ2) is 7.72. The molecule has 2 heterocycles. The molecule has 1 aromatic heterocycles. The van der Waals surface area contributed by atoms with Crippen molar-refractivity contribution >= 4 is 23.3 Å². The van der Waals surface area contributed by atoms with E-state index >= 15 is 0 Å². The number of aromatic nitrogens is 1. The minimum absolute atomic E-state index is 0.00135. The lowest BCUT2D eigenvalue weighted by molar-refractivity contribution is 0.0624. The second-order valence-corrected chi connectivity index (χ2v) is 8.32. The number of Topliss-reactive ketones (excluding diaryl/α,β-unsaturated/α-hetero) is 1. The summed E-state index contributed by atoms with van der Waals surface area (Å²) in [5, 5.41) is 0.568. The molecule has 0 N–H and O–H groups in total. The molecule has 0 spiro atoms. The third-order valence-corrected chi connectivity index (χ3v) is 6.03. The zero-order chi connectivity index (χ0) is 19.8. The molecule has 1 saturated heterocycles. The quantitative estimate of drug-likeness (QED) is 0.719. The van der Waals surface area contributed by atoms with E-state index < -0.39 is 0 Å². The van der Waals surface area contributed by atoms with E-state index in [1.165, 1.54) is 18.5 Å². The van der Waals surface area contributed by atoms with Crippen molar-refractivity contribution in [3.05, 3.63) is 57.9 Å². The topological polar surface area (TPSA) is 45.6 Å². The van der Waals surface area contributed by atoms with E-state index in [-0.39, 0.29) is 11.7 Å². The number of rotatable bonds is 5. The van der Waals surface area contributed by atoms with Crippen molar-refractivity contribution in [3.8, 4) is 0 Å². The van der Waals surface area contributed by atoms with Gasteiger partial charge in [-0.1, -0.05) is 17.7 Å². The predicted octanol–water partition coefficient (Wildman–Crippen LogP) is 3.73. The van der Waals surface area contributed by atoms with Crippen molar-refractivity contribution in [3.63, 3.8) is 0 Å². The Balaban J connectivity index is 1.35. The first kappa shape index (κ1) is 19.2. The minimum atomic E-state index is 0.00135. The number of benzene rings is 1. The van der Waals surface area contributed by atoms with Crippen molar-refractivity contribution in [2.45, 2.75) is 32.7 Å². The third kappa shape index (κ3) is 3.87. The molecule has 1 aliphatic heterocycles. The predicted molar refractivity (Wildman–Crippen MR) is 110 cm³/mol. The average molecular weight is 400 g/mol. The van der Waals surface area contributed by atoms with Gasteiger partial charge in [0.05, 0.1) is 6.54 Å². The molecule has 2 aromatic rings. The molecule has 5 nitrogen and oxygen atoms in total. The molecule has 0 unspecified atom stereocenters. The average Bonchev–Trinajstić information content (AvgIpc) is 3.46. The van der Waals surface area contributed by atoms with Crippen molar-refractivity contribution in [1.82, 2.24) is 14.4 Å². The van der Waals surface area contributed by atoms with Gasteiger partial charge in [-0.2, -0.15) is 0 Å². The van der Waals surface area contributed by atoms with E-state index in [1.54, 1.807) is 24.3 Å². The van der Waals surface area contributed by atoms with E-state index in [1.807, 2.05) is 11.0 Å². The smallest absolute Gasteiger partial charge is 0.253 e. The molecule has 28 heavy (non-hydrogen) atoms. The van der Waals surface area contributed by atoms with Crippen LogP contribution in [0.1, 0.15) is 51.0 Å². The van der Waals surface area contributed by atoms with Gasteiger partial charge in [-0.05, 0) is 51.0 Å². The summed E-state index contributed by atoms with van der Waals surface area (Å²) in [4.78, 5) is 29.5. The molecule has 1 saturated carbocycles. The summed E-state index contributed by atoms with van der Waals surface area (Å²) in [5.74, 6) is 0.177. The molecular weight excluding hydrogens is 374 g/mol. The van der Waals surface area contributed by atoms with Crippen LogP contribution in [0.15, 0.2) is 30.3 Å². The molecule has 0 atom stereocenters. The molecular formula is C22H26ClN3O2. The highest BCUT2D eigenvalue weighted by atomic mass is 35.5. The minimum Gasteiger partial charge on any atom is -0.345 e. The summed E-state index contributed by atoms with van der Waals surface area (Å²) in [6.45, 7) is 7.22. The SMILES string of the molecule is Cc1cc(C(=O)CN2CCN(C(=O)c3cccc(Cl)c3)CC2)c(C)n1C1CC1. The zero-order valence-corrected chi connectivity index (χ0v) is 17.2. The monoisotopic (exact) mass is 399 g/mol. The molecule has 0 bridgehead atoms. The summed E-state index contributed by atoms with van der Waals surface area (Å²) in [7, 11) is 0. The number of carbonyl (C=O) groups is 2. The fourth-order valence-electron chi connectivity index (χ4n) is 4.16. The van der Waals surface area contributed by atoms with Gasteiger partial charge in [0.25, 0.3) is 5.91 Å². The molecule has 4 rings (SSSR count). The van der Waals surface area contributed by atoms with Crippen LogP contribution in [-0.4, -0.2) is 58.8 Å². The van der Waals surface area contributed by atoms with E-state index in [0.717, 1.165) is 11.3 Å². The van der Waals surface area contributed by atoms with Crippen LogP contribution in [0, 0.1) is 13.8 Å². The molecule has 6 heteroatoms. The van der Waals surface area contributed by atoms with Crippen molar-refractivity contribution in [2.24, 2.45) is 0 Å². The Hall–Kier alpha value is -2.11. The maximum atomic E-state index is 12.9. The molecule has 1 amide bonds. The number of nitrogens with zero attached hydrogens (tertiary/aromatic N) is 3. The van der Waals surface area contributed by atoms with Crippen LogP contribution in [0.3, 0.4) is 0 Å². The van der Waals surface area contributed by atoms with Crippen molar-refractivity contribution in [2.75, 3.05) is 32.7 Å². The van der Waals surface area contributed by atoms with Crippen LogP contribution in [0.5, 0.6) is 0 Å². The van der Waals surface area contributed by atoms with E-state index in [0.29, 0.717) is 49.4 Å². The molecule has 148 valence electrons. The van der Waals surface area contributed by atoms with Gasteiger partial charge in [-0.3, -0.25) is 14.5 Å². The van der Waals surface area contributed by atoms with Crippen LogP contribution in [0.4, 0.5) is 0 Å². The van der Waals surface area contributed by atoms with E-state index in [2.05, 4.69) is 23.3 Å². The molecule has 2 fully saturated rings. The first-order chi connectivity index (χ1) is 13.4.